The van der Waals surface area contributed by atoms with Crippen LogP contribution in [-0.4, -0.2) is 7.11 Å². The van der Waals surface area contributed by atoms with Gasteiger partial charge in [-0.25, -0.2) is 4.39 Å². The first-order valence-electron chi connectivity index (χ1n) is 4.08. The lowest BCUT2D eigenvalue weighted by molar-refractivity contribution is 0.404. The molecule has 2 nitrogen and oxygen atoms in total. The summed E-state index contributed by atoms with van der Waals surface area (Å²) in [5.74, 6) is 0.139. The predicted octanol–water partition coefficient (Wildman–Crippen LogP) is 3.05. The number of halogens is 2. The van der Waals surface area contributed by atoms with Crippen molar-refractivity contribution in [2.75, 3.05) is 7.11 Å². The third-order valence-electron chi connectivity index (χ3n) is 1.86. The SMILES string of the molecule is COc1ccc(Br)c(F)c1CCC#N. The fourth-order valence-electron chi connectivity index (χ4n) is 1.18. The lowest BCUT2D eigenvalue weighted by Crippen LogP contribution is -1.96. The highest BCUT2D eigenvalue weighted by atomic mass is 79.9. The van der Waals surface area contributed by atoms with Crippen LogP contribution in [0.1, 0.15) is 12.0 Å². The Morgan fingerprint density at radius 2 is 2.29 bits per heavy atom. The van der Waals surface area contributed by atoms with Crippen LogP contribution in [0.3, 0.4) is 0 Å². The summed E-state index contributed by atoms with van der Waals surface area (Å²) in [6.07, 6.45) is 0.648. The number of methoxy groups -OCH3 is 1. The minimum Gasteiger partial charge on any atom is -0.496 e. The molecule has 1 aromatic rings. The quantitative estimate of drug-likeness (QED) is 0.834. The minimum absolute atomic E-state index is 0.281. The average Bonchev–Trinajstić information content (AvgIpc) is 2.20. The lowest BCUT2D eigenvalue weighted by atomic mass is 10.1. The third-order valence-corrected chi connectivity index (χ3v) is 2.47. The zero-order chi connectivity index (χ0) is 10.6. The fraction of sp³-hybridized carbons (Fsp3) is 0.300. The van der Waals surface area contributed by atoms with Gasteiger partial charge in [-0.05, 0) is 34.5 Å². The van der Waals surface area contributed by atoms with E-state index in [1.165, 1.54) is 7.11 Å². The molecular weight excluding hydrogens is 249 g/mol. The number of ether oxygens (including phenoxy) is 1. The van der Waals surface area contributed by atoms with E-state index in [0.29, 0.717) is 22.2 Å². The van der Waals surface area contributed by atoms with Gasteiger partial charge >= 0.3 is 0 Å². The van der Waals surface area contributed by atoms with Crippen LogP contribution in [-0.2, 0) is 6.42 Å². The second kappa shape index (κ2) is 4.97. The maximum absolute atomic E-state index is 13.5. The predicted molar refractivity (Wildman–Crippen MR) is 54.6 cm³/mol. The van der Waals surface area contributed by atoms with Crippen LogP contribution in [0, 0.1) is 17.1 Å². The molecule has 0 radical (unpaired) electrons. The van der Waals surface area contributed by atoms with Crippen molar-refractivity contribution in [1.29, 1.82) is 5.26 Å². The van der Waals surface area contributed by atoms with E-state index in [0.717, 1.165) is 0 Å². The second-order valence-electron chi connectivity index (χ2n) is 2.70. The largest absolute Gasteiger partial charge is 0.496 e. The number of nitrogens with zero attached hydrogens (tertiary/aromatic N) is 1. The molecule has 0 unspecified atom stereocenters. The van der Waals surface area contributed by atoms with Crippen LogP contribution in [0.2, 0.25) is 0 Å². The first-order chi connectivity index (χ1) is 6.70. The van der Waals surface area contributed by atoms with Crippen molar-refractivity contribution in [3.63, 3.8) is 0 Å². The highest BCUT2D eigenvalue weighted by Crippen LogP contribution is 2.28. The van der Waals surface area contributed by atoms with E-state index in [1.807, 2.05) is 6.07 Å². The summed E-state index contributed by atoms with van der Waals surface area (Å²) in [6.45, 7) is 0. The van der Waals surface area contributed by atoms with Crippen LogP contribution in [0.25, 0.3) is 0 Å². The molecule has 0 fully saturated rings. The molecule has 0 saturated carbocycles. The minimum atomic E-state index is -0.348. The zero-order valence-corrected chi connectivity index (χ0v) is 9.27. The summed E-state index contributed by atoms with van der Waals surface area (Å²) in [7, 11) is 1.48. The maximum atomic E-state index is 13.5. The Balaban J connectivity index is 3.09. The molecule has 14 heavy (non-hydrogen) atoms. The van der Waals surface area contributed by atoms with Gasteiger partial charge in [0.05, 0.1) is 17.7 Å². The molecule has 0 atom stereocenters. The van der Waals surface area contributed by atoms with Crippen molar-refractivity contribution in [2.45, 2.75) is 12.8 Å². The Kier molecular flexibility index (Phi) is 3.90. The van der Waals surface area contributed by atoms with Crippen molar-refractivity contribution in [1.82, 2.24) is 0 Å². The van der Waals surface area contributed by atoms with E-state index in [4.69, 9.17) is 10.00 Å². The molecule has 0 aliphatic heterocycles. The summed E-state index contributed by atoms with van der Waals surface area (Å²) in [6, 6.07) is 5.24. The monoisotopic (exact) mass is 257 g/mol. The normalized spacial score (nSPS) is 9.57. The van der Waals surface area contributed by atoms with Crippen molar-refractivity contribution in [2.24, 2.45) is 0 Å². The molecule has 0 aliphatic rings. The van der Waals surface area contributed by atoms with Crippen LogP contribution in [0.4, 0.5) is 4.39 Å². The summed E-state index contributed by atoms with van der Waals surface area (Å²) in [4.78, 5) is 0. The lowest BCUT2D eigenvalue weighted by Gasteiger charge is -2.08. The van der Waals surface area contributed by atoms with Gasteiger partial charge in [-0.1, -0.05) is 0 Å². The first-order valence-corrected chi connectivity index (χ1v) is 4.87. The second-order valence-corrected chi connectivity index (χ2v) is 3.55. The number of rotatable bonds is 3. The molecule has 0 N–H and O–H groups in total. The zero-order valence-electron chi connectivity index (χ0n) is 7.68. The Labute approximate surface area is 90.4 Å². The van der Waals surface area contributed by atoms with E-state index < -0.39 is 0 Å². The molecule has 0 bridgehead atoms. The van der Waals surface area contributed by atoms with Crippen LogP contribution in [0.15, 0.2) is 16.6 Å². The summed E-state index contributed by atoms with van der Waals surface area (Å²) >= 11 is 3.09. The van der Waals surface area contributed by atoms with E-state index in [-0.39, 0.29) is 12.2 Å². The Hall–Kier alpha value is -1.08. The van der Waals surface area contributed by atoms with Gasteiger partial charge in [-0.3, -0.25) is 0 Å². The molecule has 0 saturated heterocycles. The van der Waals surface area contributed by atoms with Gasteiger partial charge in [0.25, 0.3) is 0 Å². The molecule has 1 rings (SSSR count). The van der Waals surface area contributed by atoms with Crippen LogP contribution >= 0.6 is 15.9 Å². The highest BCUT2D eigenvalue weighted by molar-refractivity contribution is 9.10. The van der Waals surface area contributed by atoms with Gasteiger partial charge in [-0.2, -0.15) is 5.26 Å². The third kappa shape index (κ3) is 2.24. The Morgan fingerprint density at radius 3 is 2.86 bits per heavy atom. The van der Waals surface area contributed by atoms with E-state index >= 15 is 0 Å². The van der Waals surface area contributed by atoms with Gasteiger partial charge in [-0.15, -0.1) is 0 Å². The molecule has 0 amide bonds. The summed E-state index contributed by atoms with van der Waals surface area (Å²) in [5, 5.41) is 8.43. The smallest absolute Gasteiger partial charge is 0.144 e. The van der Waals surface area contributed by atoms with Crippen molar-refractivity contribution in [3.8, 4) is 11.8 Å². The van der Waals surface area contributed by atoms with Crippen molar-refractivity contribution < 1.29 is 9.13 Å². The van der Waals surface area contributed by atoms with Gasteiger partial charge in [0, 0.05) is 12.0 Å². The van der Waals surface area contributed by atoms with E-state index in [1.54, 1.807) is 12.1 Å². The molecule has 1 aromatic carbocycles. The molecule has 0 aliphatic carbocycles. The van der Waals surface area contributed by atoms with E-state index in [2.05, 4.69) is 15.9 Å². The molecule has 0 spiro atoms. The topological polar surface area (TPSA) is 33.0 Å². The van der Waals surface area contributed by atoms with Gasteiger partial charge in [0.1, 0.15) is 11.6 Å². The number of hydrogen-bond donors (Lipinski definition) is 0. The Morgan fingerprint density at radius 1 is 1.57 bits per heavy atom. The standard InChI is InChI=1S/C10H9BrFNO/c1-14-9-5-4-8(11)10(12)7(9)3-2-6-13/h4-5H,2-3H2,1H3. The van der Waals surface area contributed by atoms with Gasteiger partial charge in [0.15, 0.2) is 0 Å². The number of hydrogen-bond acceptors (Lipinski definition) is 2. The first kappa shape index (κ1) is 11.0. The fourth-order valence-corrected chi connectivity index (χ4v) is 1.55. The number of nitriles is 1. The molecule has 74 valence electrons. The van der Waals surface area contributed by atoms with Gasteiger partial charge in [0.2, 0.25) is 0 Å². The van der Waals surface area contributed by atoms with Gasteiger partial charge < -0.3 is 4.74 Å². The molecule has 0 aromatic heterocycles. The van der Waals surface area contributed by atoms with Crippen LogP contribution < -0.4 is 4.74 Å². The highest BCUT2D eigenvalue weighted by Gasteiger charge is 2.11. The van der Waals surface area contributed by atoms with Crippen molar-refractivity contribution >= 4 is 15.9 Å². The Bertz CT molecular complexity index is 373. The van der Waals surface area contributed by atoms with E-state index in [9.17, 15) is 4.39 Å². The maximum Gasteiger partial charge on any atom is 0.144 e. The molecule has 0 heterocycles. The molecule has 4 heteroatoms. The number of benzene rings is 1. The summed E-state index contributed by atoms with van der Waals surface area (Å²) < 4.78 is 18.9. The van der Waals surface area contributed by atoms with Crippen LogP contribution in [0.5, 0.6) is 5.75 Å². The molecular formula is C10H9BrFNO. The van der Waals surface area contributed by atoms with Crippen molar-refractivity contribution in [3.05, 3.63) is 28.0 Å². The summed E-state index contributed by atoms with van der Waals surface area (Å²) in [5.41, 5.74) is 0.448. The average molecular weight is 258 g/mol.